The summed E-state index contributed by atoms with van der Waals surface area (Å²) < 4.78 is 0.657. The number of fused-ring (bicyclic) bond motifs is 1. The molecule has 12 nitrogen and oxygen atoms in total. The van der Waals surface area contributed by atoms with E-state index in [4.69, 9.17) is 15.0 Å². The average molecular weight is 660 g/mol. The van der Waals surface area contributed by atoms with Crippen LogP contribution in [0.25, 0.3) is 10.8 Å². The number of benzene rings is 3. The molecule has 3 heterocycles. The molecule has 2 fully saturated rings. The first-order chi connectivity index (χ1) is 21.9. The molecular formula is C34H46ClN11O. The zero-order valence-electron chi connectivity index (χ0n) is 28.4. The number of quaternary nitrogens is 1. The van der Waals surface area contributed by atoms with Crippen molar-refractivity contribution in [3.05, 3.63) is 54.6 Å². The van der Waals surface area contributed by atoms with Crippen LogP contribution >= 0.6 is 0 Å². The topological polar surface area (TPSA) is 109 Å². The molecule has 2 N–H and O–H groups in total. The van der Waals surface area contributed by atoms with Gasteiger partial charge >= 0.3 is 0 Å². The molecule has 250 valence electrons. The summed E-state index contributed by atoms with van der Waals surface area (Å²) in [6.07, 6.45) is 2.15. The van der Waals surface area contributed by atoms with E-state index < -0.39 is 0 Å². The minimum absolute atomic E-state index is 0. The van der Waals surface area contributed by atoms with Crippen LogP contribution in [0.15, 0.2) is 64.8 Å². The summed E-state index contributed by atoms with van der Waals surface area (Å²) in [4.78, 5) is 23.7. The maximum atomic E-state index is 10.7. The van der Waals surface area contributed by atoms with Crippen molar-refractivity contribution in [1.29, 1.82) is 0 Å². The Labute approximate surface area is 283 Å². The molecule has 3 aromatic carbocycles. The lowest BCUT2D eigenvalue weighted by Crippen LogP contribution is -3.00. The van der Waals surface area contributed by atoms with E-state index in [-0.39, 0.29) is 18.2 Å². The van der Waals surface area contributed by atoms with Crippen molar-refractivity contribution >= 4 is 51.4 Å². The van der Waals surface area contributed by atoms with Gasteiger partial charge in [0.1, 0.15) is 17.1 Å². The highest BCUT2D eigenvalue weighted by Crippen LogP contribution is 2.38. The van der Waals surface area contributed by atoms with Crippen LogP contribution in [0.3, 0.4) is 0 Å². The summed E-state index contributed by atoms with van der Waals surface area (Å²) >= 11 is 0. The Bertz CT molecular complexity index is 1680. The Morgan fingerprint density at radius 3 is 1.89 bits per heavy atom. The van der Waals surface area contributed by atoms with Crippen LogP contribution in [-0.4, -0.2) is 117 Å². The summed E-state index contributed by atoms with van der Waals surface area (Å²) in [5, 5.41) is 24.9. The van der Waals surface area contributed by atoms with Crippen molar-refractivity contribution in [1.82, 2.24) is 29.2 Å². The van der Waals surface area contributed by atoms with Gasteiger partial charge in [-0.05, 0) is 88.9 Å². The standard InChI is InChI=1S/C34H45N11O.ClH/c1-41(2)26-16-18-43(21-26)33-36-32(37-34(38-33)44-19-17-27(22-44)42(3)4)35-24-10-12-25(13-11-24)39-40-31-29-20-28(45(5,6)7)14-8-23(29)9-15-30(31)46;/h8-15,20,26-27H,16-19,21-22H2,1-7H3,(H-,35,36,37,38,39,40,46);1H. The van der Waals surface area contributed by atoms with Gasteiger partial charge in [-0.25, -0.2) is 0 Å². The molecule has 13 heteroatoms. The highest BCUT2D eigenvalue weighted by atomic mass is 35.5. The Morgan fingerprint density at radius 1 is 0.787 bits per heavy atom. The predicted molar refractivity (Wildman–Crippen MR) is 188 cm³/mol. The van der Waals surface area contributed by atoms with Gasteiger partial charge in [0, 0.05) is 55.4 Å². The molecule has 2 atom stereocenters. The Kier molecular flexibility index (Phi) is 10.2. The molecule has 47 heavy (non-hydrogen) atoms. The fourth-order valence-electron chi connectivity index (χ4n) is 6.03. The van der Waals surface area contributed by atoms with Gasteiger partial charge in [0.15, 0.2) is 0 Å². The number of hydrogen-bond acceptors (Lipinski definition) is 11. The molecule has 0 spiro atoms. The van der Waals surface area contributed by atoms with E-state index in [0.29, 0.717) is 45.8 Å². The first kappa shape index (κ1) is 34.2. The SMILES string of the molecule is CN(C)C1CCN(c2nc(Nc3ccc(N=Nc4c(O)ccc5ccc([N+](C)(C)C)cc45)cc3)nc(N3CCC(N(C)C)C3)n2)C1.[Cl-]. The van der Waals surface area contributed by atoms with E-state index in [0.717, 1.165) is 61.2 Å². The van der Waals surface area contributed by atoms with Crippen molar-refractivity contribution in [3.63, 3.8) is 0 Å². The van der Waals surface area contributed by atoms with E-state index in [1.807, 2.05) is 30.3 Å². The van der Waals surface area contributed by atoms with Crippen molar-refractivity contribution in [3.8, 4) is 5.75 Å². The molecule has 2 unspecified atom stereocenters. The molecule has 2 saturated heterocycles. The minimum Gasteiger partial charge on any atom is -1.00 e. The zero-order chi connectivity index (χ0) is 32.6. The van der Waals surface area contributed by atoms with Gasteiger partial charge in [-0.15, -0.1) is 5.11 Å². The van der Waals surface area contributed by atoms with Gasteiger partial charge < -0.3 is 42.4 Å². The number of phenolic OH excluding ortho intramolecular Hbond substituents is 1. The monoisotopic (exact) mass is 659 g/mol. The first-order valence-electron chi connectivity index (χ1n) is 15.9. The number of nitrogens with zero attached hydrogens (tertiary/aromatic N) is 10. The smallest absolute Gasteiger partial charge is 0.233 e. The number of nitrogens with one attached hydrogen (secondary N) is 1. The molecular weight excluding hydrogens is 614 g/mol. The van der Waals surface area contributed by atoms with Crippen LogP contribution in [-0.2, 0) is 0 Å². The number of hydrogen-bond donors (Lipinski definition) is 2. The van der Waals surface area contributed by atoms with Crippen molar-refractivity contribution in [2.45, 2.75) is 24.9 Å². The fourth-order valence-corrected chi connectivity index (χ4v) is 6.03. The van der Waals surface area contributed by atoms with Crippen LogP contribution in [0, 0.1) is 0 Å². The van der Waals surface area contributed by atoms with Crippen molar-refractivity contribution in [2.75, 3.05) is 90.6 Å². The highest BCUT2D eigenvalue weighted by molar-refractivity contribution is 5.97. The Morgan fingerprint density at radius 2 is 1.36 bits per heavy atom. The van der Waals surface area contributed by atoms with Gasteiger partial charge in [0.05, 0.1) is 26.8 Å². The minimum atomic E-state index is 0. The Hall–Kier alpha value is -4.10. The zero-order valence-corrected chi connectivity index (χ0v) is 29.1. The van der Waals surface area contributed by atoms with Gasteiger partial charge in [-0.2, -0.15) is 20.1 Å². The van der Waals surface area contributed by atoms with E-state index in [9.17, 15) is 5.11 Å². The van der Waals surface area contributed by atoms with Crippen molar-refractivity contribution in [2.24, 2.45) is 10.2 Å². The van der Waals surface area contributed by atoms with Gasteiger partial charge in [-0.1, -0.05) is 6.07 Å². The first-order valence-corrected chi connectivity index (χ1v) is 15.9. The molecule has 2 aliphatic heterocycles. The van der Waals surface area contributed by atoms with Crippen LogP contribution in [0.5, 0.6) is 5.75 Å². The molecule has 6 rings (SSSR count). The molecule has 4 aromatic rings. The predicted octanol–water partition coefficient (Wildman–Crippen LogP) is 2.37. The second kappa shape index (κ2) is 13.9. The average Bonchev–Trinajstić information content (AvgIpc) is 3.72. The quantitative estimate of drug-likeness (QED) is 0.207. The number of aromatic hydroxyl groups is 1. The highest BCUT2D eigenvalue weighted by Gasteiger charge is 2.30. The molecule has 2 aliphatic rings. The summed E-state index contributed by atoms with van der Waals surface area (Å²) in [5.41, 5.74) is 3.07. The van der Waals surface area contributed by atoms with Crippen molar-refractivity contribution < 1.29 is 17.5 Å². The third kappa shape index (κ3) is 7.73. The van der Waals surface area contributed by atoms with Crippen LogP contribution in [0.1, 0.15) is 12.8 Å². The van der Waals surface area contributed by atoms with E-state index in [1.54, 1.807) is 6.07 Å². The van der Waals surface area contributed by atoms with Crippen LogP contribution < -0.4 is 32.0 Å². The number of rotatable bonds is 9. The third-order valence-corrected chi connectivity index (χ3v) is 9.08. The fraction of sp³-hybridized carbons (Fsp3) is 0.441. The van der Waals surface area contributed by atoms with E-state index >= 15 is 0 Å². The number of halogens is 1. The molecule has 0 bridgehead atoms. The number of aromatic nitrogens is 3. The maximum absolute atomic E-state index is 10.7. The number of azo groups is 1. The third-order valence-electron chi connectivity index (χ3n) is 9.08. The number of phenols is 1. The summed E-state index contributed by atoms with van der Waals surface area (Å²) in [6.45, 7) is 3.60. The lowest BCUT2D eigenvalue weighted by Gasteiger charge is -2.23. The molecule has 0 radical (unpaired) electrons. The van der Waals surface area contributed by atoms with Crippen LogP contribution in [0.2, 0.25) is 0 Å². The van der Waals surface area contributed by atoms with E-state index in [2.05, 4.69) is 103 Å². The normalized spacial score (nSPS) is 18.6. The van der Waals surface area contributed by atoms with Gasteiger partial charge in [-0.3, -0.25) is 4.48 Å². The summed E-state index contributed by atoms with van der Waals surface area (Å²) in [6, 6.07) is 18.4. The lowest BCUT2D eigenvalue weighted by atomic mass is 10.1. The van der Waals surface area contributed by atoms with Crippen LogP contribution in [0.4, 0.5) is 40.6 Å². The number of anilines is 4. The summed E-state index contributed by atoms with van der Waals surface area (Å²) in [5.74, 6) is 2.03. The second-order valence-corrected chi connectivity index (χ2v) is 13.7. The lowest BCUT2D eigenvalue weighted by molar-refractivity contribution is -0.0000110. The molecule has 0 aliphatic carbocycles. The maximum Gasteiger partial charge on any atom is 0.233 e. The largest absolute Gasteiger partial charge is 1.00 e. The van der Waals surface area contributed by atoms with Gasteiger partial charge in [0.2, 0.25) is 17.8 Å². The summed E-state index contributed by atoms with van der Waals surface area (Å²) in [7, 11) is 14.8. The molecule has 0 amide bonds. The molecule has 1 aromatic heterocycles. The number of likely N-dealkylation sites (N-methyl/N-ethyl adjacent to an activating group) is 2. The van der Waals surface area contributed by atoms with E-state index in [1.165, 1.54) is 0 Å². The molecule has 0 saturated carbocycles. The van der Waals surface area contributed by atoms with Gasteiger partial charge in [0.25, 0.3) is 0 Å². The Balaban J connectivity index is 0.00000433. The second-order valence-electron chi connectivity index (χ2n) is 13.7.